The van der Waals surface area contributed by atoms with Gasteiger partial charge in [0.2, 0.25) is 0 Å². The van der Waals surface area contributed by atoms with Crippen LogP contribution < -0.4 is 10.2 Å². The van der Waals surface area contributed by atoms with Gasteiger partial charge in [0, 0.05) is 22.7 Å². The van der Waals surface area contributed by atoms with Gasteiger partial charge in [-0.25, -0.2) is 17.6 Å². The van der Waals surface area contributed by atoms with Crippen molar-refractivity contribution in [3.8, 4) is 0 Å². The molecular weight excluding hydrogens is 628 g/mol. The van der Waals surface area contributed by atoms with Gasteiger partial charge < -0.3 is 20.1 Å². The van der Waals surface area contributed by atoms with Crippen molar-refractivity contribution in [1.29, 1.82) is 0 Å². The second kappa shape index (κ2) is 14.4. The number of benzene rings is 5. The molecule has 8 rings (SSSR count). The first-order chi connectivity index (χ1) is 23.8. The summed E-state index contributed by atoms with van der Waals surface area (Å²) in [6.07, 6.45) is 4.13. The number of halogens is 4. The van der Waals surface area contributed by atoms with Crippen LogP contribution >= 0.6 is 0 Å². The monoisotopic (exact) mass is 666 g/mol. The number of ether oxygens (including phenoxy) is 1. The van der Waals surface area contributed by atoms with Gasteiger partial charge in [-0.3, -0.25) is 0 Å². The average molecular weight is 667 g/mol. The molecule has 2 heterocycles. The van der Waals surface area contributed by atoms with Gasteiger partial charge in [0.25, 0.3) is 0 Å². The first-order valence-corrected chi connectivity index (χ1v) is 16.9. The number of hydrogen-bond acceptors (Lipinski definition) is 4. The molecule has 4 nitrogen and oxygen atoms in total. The Morgan fingerprint density at radius 3 is 1.65 bits per heavy atom. The van der Waals surface area contributed by atoms with Crippen LogP contribution in [-0.4, -0.2) is 23.4 Å². The van der Waals surface area contributed by atoms with Gasteiger partial charge in [0.1, 0.15) is 29.4 Å². The van der Waals surface area contributed by atoms with E-state index in [1.54, 1.807) is 36.4 Å². The number of aliphatic hydroxyl groups is 1. The smallest absolute Gasteiger partial charge is 0.123 e. The minimum Gasteiger partial charge on any atom is -0.388 e. The highest BCUT2D eigenvalue weighted by Gasteiger charge is 2.39. The van der Waals surface area contributed by atoms with Crippen LogP contribution in [0.15, 0.2) is 103 Å². The highest BCUT2D eigenvalue weighted by atomic mass is 19.1. The zero-order valence-electron chi connectivity index (χ0n) is 27.0. The van der Waals surface area contributed by atoms with E-state index in [2.05, 4.69) is 10.2 Å². The summed E-state index contributed by atoms with van der Waals surface area (Å²) in [7, 11) is 0. The van der Waals surface area contributed by atoms with Crippen molar-refractivity contribution in [3.05, 3.63) is 154 Å². The van der Waals surface area contributed by atoms with E-state index in [0.29, 0.717) is 19.4 Å². The zero-order valence-corrected chi connectivity index (χ0v) is 27.0. The molecule has 2 N–H and O–H groups in total. The molecule has 0 radical (unpaired) electrons. The molecule has 49 heavy (non-hydrogen) atoms. The summed E-state index contributed by atoms with van der Waals surface area (Å²) in [4.78, 5) is 2.10. The van der Waals surface area contributed by atoms with Gasteiger partial charge in [0.15, 0.2) is 0 Å². The molecule has 0 aromatic heterocycles. The van der Waals surface area contributed by atoms with Crippen molar-refractivity contribution in [3.63, 3.8) is 0 Å². The van der Waals surface area contributed by atoms with Crippen LogP contribution in [0, 0.1) is 23.3 Å². The van der Waals surface area contributed by atoms with Crippen LogP contribution in [0.25, 0.3) is 0 Å². The maximum atomic E-state index is 14.0. The van der Waals surface area contributed by atoms with Crippen molar-refractivity contribution in [2.75, 3.05) is 10.2 Å². The number of rotatable bonds is 4. The third-order valence-electron chi connectivity index (χ3n) is 9.74. The maximum absolute atomic E-state index is 14.0. The third-order valence-corrected chi connectivity index (χ3v) is 9.74. The van der Waals surface area contributed by atoms with E-state index in [4.69, 9.17) is 4.74 Å². The van der Waals surface area contributed by atoms with E-state index in [0.717, 1.165) is 82.7 Å². The van der Waals surface area contributed by atoms with Gasteiger partial charge in [-0.2, -0.15) is 0 Å². The predicted molar refractivity (Wildman–Crippen MR) is 185 cm³/mol. The van der Waals surface area contributed by atoms with Crippen LogP contribution in [0.3, 0.4) is 0 Å². The standard InChI is InChI=1S/C27H27F2NO2.C14H11F2N/c28-21-11-13-23-19(15-21)9-10-20-16-22(29)12-14-24(20)30(23)25-7-4-8-26(27(25)31)32-17-18-5-2-1-3-6-18;15-11-3-5-13-9(7-11)1-2-10-8-12(16)4-6-14(10)17-13/h1-3,5-6,11-16,25-27,31H,4,7-10,17H2;3-8,17H,1-2H2/t25-,26-,27+;/m1./s1. The van der Waals surface area contributed by atoms with Crippen molar-refractivity contribution in [2.24, 2.45) is 0 Å². The molecule has 5 aromatic rings. The van der Waals surface area contributed by atoms with Gasteiger partial charge in [0.05, 0.1) is 18.8 Å². The molecule has 3 aliphatic rings. The second-order valence-corrected chi connectivity index (χ2v) is 13.0. The number of fused-ring (bicyclic) bond motifs is 4. The van der Waals surface area contributed by atoms with E-state index in [1.165, 1.54) is 36.4 Å². The Morgan fingerprint density at radius 2 is 1.10 bits per heavy atom. The normalized spacial score (nSPS) is 19.4. The topological polar surface area (TPSA) is 44.7 Å². The SMILES string of the molecule is Fc1ccc2c(c1)CCc1cc(F)ccc1N2.O[C@H]1[C@H](N2c3ccc(F)cc3CCc3cc(F)ccc32)CCC[C@H]1OCc1ccccc1. The first kappa shape index (κ1) is 32.9. The average Bonchev–Trinajstić information content (AvgIpc) is 3.37. The Hall–Kier alpha value is -4.66. The summed E-state index contributed by atoms with van der Waals surface area (Å²) < 4.78 is 60.5. The molecule has 0 unspecified atom stereocenters. The molecule has 252 valence electrons. The largest absolute Gasteiger partial charge is 0.388 e. The lowest BCUT2D eigenvalue weighted by Gasteiger charge is -2.43. The molecule has 2 aliphatic heterocycles. The number of aryl methyl sites for hydroxylation is 4. The number of hydrogen-bond donors (Lipinski definition) is 2. The maximum Gasteiger partial charge on any atom is 0.123 e. The second-order valence-electron chi connectivity index (χ2n) is 13.0. The first-order valence-electron chi connectivity index (χ1n) is 16.9. The molecule has 0 spiro atoms. The Morgan fingerprint density at radius 1 is 0.612 bits per heavy atom. The third kappa shape index (κ3) is 7.36. The van der Waals surface area contributed by atoms with Gasteiger partial charge >= 0.3 is 0 Å². The summed E-state index contributed by atoms with van der Waals surface area (Å²) in [5.41, 5.74) is 8.24. The van der Waals surface area contributed by atoms with Crippen molar-refractivity contribution in [2.45, 2.75) is 69.8 Å². The van der Waals surface area contributed by atoms with Crippen molar-refractivity contribution < 1.29 is 27.4 Å². The van der Waals surface area contributed by atoms with E-state index < -0.39 is 6.10 Å². The predicted octanol–water partition coefficient (Wildman–Crippen LogP) is 9.51. The molecule has 0 amide bonds. The van der Waals surface area contributed by atoms with Gasteiger partial charge in [-0.15, -0.1) is 0 Å². The molecule has 3 atom stereocenters. The van der Waals surface area contributed by atoms with Crippen LogP contribution in [0.1, 0.15) is 47.1 Å². The lowest BCUT2D eigenvalue weighted by molar-refractivity contribution is -0.0739. The fourth-order valence-electron chi connectivity index (χ4n) is 7.29. The summed E-state index contributed by atoms with van der Waals surface area (Å²) >= 11 is 0. The zero-order chi connectivity index (χ0) is 33.9. The number of nitrogens with one attached hydrogen (secondary N) is 1. The molecule has 8 heteroatoms. The summed E-state index contributed by atoms with van der Waals surface area (Å²) in [5, 5.41) is 14.6. The number of nitrogens with zero attached hydrogens (tertiary/aromatic N) is 1. The quantitative estimate of drug-likeness (QED) is 0.188. The van der Waals surface area contributed by atoms with Crippen molar-refractivity contribution in [1.82, 2.24) is 0 Å². The lowest BCUT2D eigenvalue weighted by atomic mass is 9.87. The highest BCUT2D eigenvalue weighted by Crippen LogP contribution is 2.42. The van der Waals surface area contributed by atoms with E-state index in [9.17, 15) is 22.7 Å². The Bertz CT molecular complexity index is 1830. The fraction of sp³-hybridized carbons (Fsp3) is 0.268. The van der Waals surface area contributed by atoms with Gasteiger partial charge in [-0.1, -0.05) is 30.3 Å². The van der Waals surface area contributed by atoms with E-state index in [-0.39, 0.29) is 35.4 Å². The van der Waals surface area contributed by atoms with E-state index >= 15 is 0 Å². The summed E-state index contributed by atoms with van der Waals surface area (Å²) in [5.74, 6) is -1.03. The van der Waals surface area contributed by atoms with Crippen LogP contribution in [0.5, 0.6) is 0 Å². The highest BCUT2D eigenvalue weighted by molar-refractivity contribution is 5.72. The van der Waals surface area contributed by atoms with Gasteiger partial charge in [-0.05, 0) is 146 Å². The fourth-order valence-corrected chi connectivity index (χ4v) is 7.29. The Labute approximate surface area is 284 Å². The molecule has 0 saturated heterocycles. The van der Waals surface area contributed by atoms with Crippen LogP contribution in [0.2, 0.25) is 0 Å². The summed E-state index contributed by atoms with van der Waals surface area (Å²) in [6.45, 7) is 0.443. The van der Waals surface area contributed by atoms with E-state index in [1.807, 2.05) is 30.3 Å². The molecule has 1 fully saturated rings. The van der Waals surface area contributed by atoms with Crippen LogP contribution in [0.4, 0.5) is 40.3 Å². The molecule has 1 saturated carbocycles. The molecule has 5 aromatic carbocycles. The Balaban J connectivity index is 0.000000186. The minimum absolute atomic E-state index is 0.234. The van der Waals surface area contributed by atoms with Crippen molar-refractivity contribution >= 4 is 22.7 Å². The Kier molecular flexibility index (Phi) is 9.69. The number of anilines is 4. The molecule has 0 bridgehead atoms. The molecule has 1 aliphatic carbocycles. The lowest BCUT2D eigenvalue weighted by Crippen LogP contribution is -2.50. The number of aliphatic hydroxyl groups excluding tert-OH is 1. The molecular formula is C41H38F4N2O2. The summed E-state index contributed by atoms with van der Waals surface area (Å²) in [6, 6.07) is 28.7. The minimum atomic E-state index is -0.721. The van der Waals surface area contributed by atoms with Crippen LogP contribution in [-0.2, 0) is 37.0 Å².